The van der Waals surface area contributed by atoms with E-state index in [1.807, 2.05) is 0 Å². The van der Waals surface area contributed by atoms with E-state index >= 15 is 0 Å². The highest BCUT2D eigenvalue weighted by Gasteiger charge is 1.86. The van der Waals surface area contributed by atoms with Crippen molar-refractivity contribution >= 4 is 6.72 Å². The fourth-order valence-electron chi connectivity index (χ4n) is 0.0745. The zero-order chi connectivity index (χ0) is 4.99. The number of aliphatic hydroxyl groups is 1. The molecule has 0 rings (SSSR count). The molecule has 0 fully saturated rings. The molecule has 1 unspecified atom stereocenters. The van der Waals surface area contributed by atoms with E-state index in [2.05, 4.69) is 16.4 Å². The molecule has 0 saturated carbocycles. The molecule has 0 spiro atoms. The fourth-order valence-corrected chi connectivity index (χ4v) is 0.0745. The van der Waals surface area contributed by atoms with Crippen LogP contribution in [0.5, 0.6) is 0 Å². The first kappa shape index (κ1) is 5.59. The third kappa shape index (κ3) is 1.87. The molecule has 6 heavy (non-hydrogen) atoms. The van der Waals surface area contributed by atoms with Gasteiger partial charge in [-0.15, -0.1) is 0 Å². The summed E-state index contributed by atoms with van der Waals surface area (Å²) in [6, 6.07) is 0. The minimum atomic E-state index is -1.05. The number of nitrogens with zero attached hydrogens (tertiary/aromatic N) is 1. The van der Waals surface area contributed by atoms with Gasteiger partial charge in [0, 0.05) is 7.11 Å². The Hall–Kier alpha value is -0.410. The SMILES string of the molecule is C=NC(O)OC. The third-order valence-electron chi connectivity index (χ3n) is 0.367. The summed E-state index contributed by atoms with van der Waals surface area (Å²) in [5.41, 5.74) is 0. The molecule has 0 radical (unpaired) electrons. The molecule has 0 heterocycles. The second kappa shape index (κ2) is 2.81. The molecule has 3 nitrogen and oxygen atoms in total. The largest absolute Gasteiger partial charge is 0.350 e. The summed E-state index contributed by atoms with van der Waals surface area (Å²) in [6.45, 7) is 3.01. The maximum absolute atomic E-state index is 8.22. The molecule has 0 aromatic rings. The lowest BCUT2D eigenvalue weighted by Crippen LogP contribution is -2.02. The van der Waals surface area contributed by atoms with Crippen LogP contribution >= 0.6 is 0 Å². The van der Waals surface area contributed by atoms with Gasteiger partial charge < -0.3 is 9.84 Å². The molecule has 0 aromatic carbocycles. The van der Waals surface area contributed by atoms with Crippen LogP contribution in [0.4, 0.5) is 0 Å². The summed E-state index contributed by atoms with van der Waals surface area (Å²) in [7, 11) is 1.35. The van der Waals surface area contributed by atoms with Gasteiger partial charge >= 0.3 is 0 Å². The zero-order valence-corrected chi connectivity index (χ0v) is 3.59. The maximum Gasteiger partial charge on any atom is 0.254 e. The highest BCUT2D eigenvalue weighted by molar-refractivity contribution is 5.23. The predicted molar refractivity (Wildman–Crippen MR) is 22.6 cm³/mol. The maximum atomic E-state index is 8.22. The average molecular weight is 89.1 g/mol. The summed E-state index contributed by atoms with van der Waals surface area (Å²) >= 11 is 0. The number of aliphatic hydroxyl groups excluding tert-OH is 1. The predicted octanol–water partition coefficient (Wildman–Crippen LogP) is -0.391. The molecule has 0 aliphatic heterocycles. The third-order valence-corrected chi connectivity index (χ3v) is 0.367. The van der Waals surface area contributed by atoms with E-state index in [0.717, 1.165) is 0 Å². The normalized spacial score (nSPS) is 13.7. The zero-order valence-electron chi connectivity index (χ0n) is 3.59. The summed E-state index contributed by atoms with van der Waals surface area (Å²) < 4.78 is 4.23. The van der Waals surface area contributed by atoms with Gasteiger partial charge in [0.25, 0.3) is 6.41 Å². The van der Waals surface area contributed by atoms with Crippen molar-refractivity contribution in [3.8, 4) is 0 Å². The van der Waals surface area contributed by atoms with Crippen molar-refractivity contribution in [2.45, 2.75) is 6.41 Å². The molecule has 0 aliphatic carbocycles. The van der Waals surface area contributed by atoms with E-state index < -0.39 is 6.41 Å². The van der Waals surface area contributed by atoms with E-state index in [-0.39, 0.29) is 0 Å². The van der Waals surface area contributed by atoms with Crippen LogP contribution in [0, 0.1) is 0 Å². The van der Waals surface area contributed by atoms with Crippen LogP contribution in [0.1, 0.15) is 0 Å². The molecule has 0 bridgehead atoms. The first-order valence-corrected chi connectivity index (χ1v) is 1.48. The number of ether oxygens (including phenoxy) is 1. The highest BCUT2D eigenvalue weighted by atomic mass is 16.6. The van der Waals surface area contributed by atoms with Gasteiger partial charge in [0.2, 0.25) is 0 Å². The van der Waals surface area contributed by atoms with Gasteiger partial charge in [-0.05, 0) is 6.72 Å². The van der Waals surface area contributed by atoms with Crippen LogP contribution in [0.25, 0.3) is 0 Å². The van der Waals surface area contributed by atoms with Crippen molar-refractivity contribution in [2.75, 3.05) is 7.11 Å². The molecule has 1 atom stereocenters. The van der Waals surface area contributed by atoms with Crippen molar-refractivity contribution in [3.05, 3.63) is 0 Å². The molecule has 0 aromatic heterocycles. The second-order valence-corrected chi connectivity index (χ2v) is 0.745. The summed E-state index contributed by atoms with van der Waals surface area (Å²) in [5, 5.41) is 8.22. The summed E-state index contributed by atoms with van der Waals surface area (Å²) in [4.78, 5) is 3.09. The van der Waals surface area contributed by atoms with Gasteiger partial charge in [-0.25, -0.2) is 4.99 Å². The van der Waals surface area contributed by atoms with E-state index in [1.165, 1.54) is 7.11 Å². The van der Waals surface area contributed by atoms with Gasteiger partial charge in [0.1, 0.15) is 0 Å². The van der Waals surface area contributed by atoms with Crippen LogP contribution in [-0.2, 0) is 4.74 Å². The number of methoxy groups -OCH3 is 1. The van der Waals surface area contributed by atoms with Crippen LogP contribution in [0.2, 0.25) is 0 Å². The molecule has 36 valence electrons. The monoisotopic (exact) mass is 89.0 g/mol. The van der Waals surface area contributed by atoms with E-state index in [4.69, 9.17) is 5.11 Å². The standard InChI is InChI=1S/C3H7NO2/c1-4-3(5)6-2/h3,5H,1H2,2H3. The van der Waals surface area contributed by atoms with Crippen molar-refractivity contribution in [1.29, 1.82) is 0 Å². The fraction of sp³-hybridized carbons (Fsp3) is 0.667. The lowest BCUT2D eigenvalue weighted by molar-refractivity contribution is -0.0650. The van der Waals surface area contributed by atoms with Crippen LogP contribution in [0.3, 0.4) is 0 Å². The molecule has 0 aliphatic rings. The minimum Gasteiger partial charge on any atom is -0.350 e. The van der Waals surface area contributed by atoms with Crippen LogP contribution in [0.15, 0.2) is 4.99 Å². The quantitative estimate of drug-likeness (QED) is 0.369. The smallest absolute Gasteiger partial charge is 0.254 e. The summed E-state index contributed by atoms with van der Waals surface area (Å²) in [5.74, 6) is 0. The van der Waals surface area contributed by atoms with Crippen LogP contribution in [-0.4, -0.2) is 25.3 Å². The molecular weight excluding hydrogens is 82.0 g/mol. The average Bonchev–Trinajstić information content (AvgIpc) is 1.65. The Morgan fingerprint density at radius 1 is 2.00 bits per heavy atom. The minimum absolute atomic E-state index is 1.05. The Morgan fingerprint density at radius 3 is 2.50 bits per heavy atom. The summed E-state index contributed by atoms with van der Waals surface area (Å²) in [6.07, 6.45) is -1.05. The lowest BCUT2D eigenvalue weighted by atomic mass is 11.1. The molecule has 0 saturated heterocycles. The van der Waals surface area contributed by atoms with Crippen LogP contribution < -0.4 is 0 Å². The van der Waals surface area contributed by atoms with E-state index in [9.17, 15) is 0 Å². The van der Waals surface area contributed by atoms with Crippen molar-refractivity contribution in [1.82, 2.24) is 0 Å². The number of rotatable bonds is 2. The Bertz CT molecular complexity index is 46.1. The number of hydrogen-bond acceptors (Lipinski definition) is 3. The first-order valence-electron chi connectivity index (χ1n) is 1.48. The van der Waals surface area contributed by atoms with Gasteiger partial charge in [0.15, 0.2) is 0 Å². The van der Waals surface area contributed by atoms with Gasteiger partial charge in [-0.2, -0.15) is 0 Å². The van der Waals surface area contributed by atoms with Crippen molar-refractivity contribution in [3.63, 3.8) is 0 Å². The molecular formula is C3H7NO2. The second-order valence-electron chi connectivity index (χ2n) is 0.745. The van der Waals surface area contributed by atoms with Gasteiger partial charge in [-0.1, -0.05) is 0 Å². The Kier molecular flexibility index (Phi) is 2.62. The van der Waals surface area contributed by atoms with Crippen molar-refractivity contribution in [2.24, 2.45) is 4.99 Å². The van der Waals surface area contributed by atoms with Gasteiger partial charge in [0.05, 0.1) is 0 Å². The highest BCUT2D eigenvalue weighted by Crippen LogP contribution is 1.77. The number of hydrogen-bond donors (Lipinski definition) is 1. The molecule has 1 N–H and O–H groups in total. The van der Waals surface area contributed by atoms with Gasteiger partial charge in [-0.3, -0.25) is 0 Å². The Morgan fingerprint density at radius 2 is 2.50 bits per heavy atom. The Labute approximate surface area is 36.3 Å². The molecule has 3 heteroatoms. The van der Waals surface area contributed by atoms with E-state index in [0.29, 0.717) is 0 Å². The molecule has 0 amide bonds. The topological polar surface area (TPSA) is 41.8 Å². The number of aliphatic imine (C=N–C) groups is 1. The van der Waals surface area contributed by atoms with E-state index in [1.54, 1.807) is 0 Å². The lowest BCUT2D eigenvalue weighted by Gasteiger charge is -1.95. The Balaban J connectivity index is 2.96. The first-order chi connectivity index (χ1) is 2.81. The van der Waals surface area contributed by atoms with Crippen molar-refractivity contribution < 1.29 is 9.84 Å².